The van der Waals surface area contributed by atoms with Crippen molar-refractivity contribution in [2.24, 2.45) is 0 Å². The fourth-order valence-electron chi connectivity index (χ4n) is 4.48. The summed E-state index contributed by atoms with van der Waals surface area (Å²) in [7, 11) is -0.869. The molecule has 0 aromatic heterocycles. The third-order valence-electron chi connectivity index (χ3n) is 6.73. The van der Waals surface area contributed by atoms with E-state index in [1.54, 1.807) is 19.2 Å². The van der Waals surface area contributed by atoms with Crippen LogP contribution >= 0.6 is 0 Å². The Labute approximate surface area is 238 Å². The predicted molar refractivity (Wildman–Crippen MR) is 147 cm³/mol. The summed E-state index contributed by atoms with van der Waals surface area (Å²) < 4.78 is 73.3. The summed E-state index contributed by atoms with van der Waals surface area (Å²) in [5.41, 5.74) is 2.24. The Balaban J connectivity index is 1.41. The molecule has 1 fully saturated rings. The number of carbonyl (C=O) groups excluding carboxylic acids is 1. The fraction of sp³-hybridized carbons (Fsp3) is 0.345. The standard InChI is InChI=1S/C29H32F2N2O7S/c1-37-25-5-3-4-23(18-25)27(39-20-21-6-8-22(9-7-21)28(34)38-2)19-32-14-16-33(17-15-32)41(35,36)26-12-10-24(11-13-26)40-29(30)31/h3-13,18,27,29H,14-17,19-20H2,1-2H3/t27-/m1/s1. The van der Waals surface area contributed by atoms with Crippen molar-refractivity contribution in [2.45, 2.75) is 24.2 Å². The number of nitrogens with zero attached hydrogens (tertiary/aromatic N) is 2. The van der Waals surface area contributed by atoms with Gasteiger partial charge in [0.05, 0.1) is 37.4 Å². The second kappa shape index (κ2) is 13.9. The molecule has 1 heterocycles. The Morgan fingerprint density at radius 2 is 1.59 bits per heavy atom. The summed E-state index contributed by atoms with van der Waals surface area (Å²) in [6.07, 6.45) is -0.337. The second-order valence-corrected chi connectivity index (χ2v) is 11.3. The molecule has 41 heavy (non-hydrogen) atoms. The topological polar surface area (TPSA) is 94.6 Å². The number of ether oxygens (including phenoxy) is 4. The minimum atomic E-state index is -3.80. The van der Waals surface area contributed by atoms with Gasteiger partial charge in [0.25, 0.3) is 0 Å². The highest BCUT2D eigenvalue weighted by atomic mass is 32.2. The highest BCUT2D eigenvalue weighted by Gasteiger charge is 2.30. The first-order valence-corrected chi connectivity index (χ1v) is 14.3. The van der Waals surface area contributed by atoms with E-state index in [0.29, 0.717) is 37.6 Å². The van der Waals surface area contributed by atoms with E-state index in [1.807, 2.05) is 36.4 Å². The van der Waals surface area contributed by atoms with Gasteiger partial charge >= 0.3 is 12.6 Å². The zero-order chi connectivity index (χ0) is 29.4. The number of esters is 1. The fourth-order valence-corrected chi connectivity index (χ4v) is 5.90. The number of piperazine rings is 1. The molecule has 1 aliphatic heterocycles. The molecule has 0 amide bonds. The number of carbonyl (C=O) groups is 1. The molecule has 0 bridgehead atoms. The van der Waals surface area contributed by atoms with Crippen molar-refractivity contribution in [3.05, 3.63) is 89.5 Å². The van der Waals surface area contributed by atoms with E-state index in [1.165, 1.54) is 35.7 Å². The summed E-state index contributed by atoms with van der Waals surface area (Å²) in [4.78, 5) is 13.9. The van der Waals surface area contributed by atoms with Crippen LogP contribution in [0.3, 0.4) is 0 Å². The van der Waals surface area contributed by atoms with E-state index in [9.17, 15) is 22.0 Å². The van der Waals surface area contributed by atoms with Crippen LogP contribution in [0.5, 0.6) is 11.5 Å². The molecule has 0 unspecified atom stereocenters. The Kier molecular flexibility index (Phi) is 10.3. The Bertz CT molecular complexity index is 1400. The molecule has 0 N–H and O–H groups in total. The molecule has 0 aliphatic carbocycles. The lowest BCUT2D eigenvalue weighted by molar-refractivity contribution is -0.0498. The molecular weight excluding hydrogens is 558 g/mol. The van der Waals surface area contributed by atoms with Gasteiger partial charge in [-0.2, -0.15) is 13.1 Å². The lowest BCUT2D eigenvalue weighted by atomic mass is 10.1. The first-order chi connectivity index (χ1) is 19.7. The van der Waals surface area contributed by atoms with Crippen molar-refractivity contribution in [3.8, 4) is 11.5 Å². The van der Waals surface area contributed by atoms with Crippen molar-refractivity contribution >= 4 is 16.0 Å². The summed E-state index contributed by atoms with van der Waals surface area (Å²) in [5.74, 6) is 0.178. The van der Waals surface area contributed by atoms with E-state index < -0.39 is 22.6 Å². The quantitative estimate of drug-likeness (QED) is 0.288. The van der Waals surface area contributed by atoms with Crippen molar-refractivity contribution in [3.63, 3.8) is 0 Å². The maximum Gasteiger partial charge on any atom is 0.387 e. The molecule has 9 nitrogen and oxygen atoms in total. The normalized spacial score (nSPS) is 15.4. The number of alkyl halides is 2. The lowest BCUT2D eigenvalue weighted by Crippen LogP contribution is -2.49. The molecule has 0 radical (unpaired) electrons. The number of benzene rings is 3. The molecule has 3 aromatic carbocycles. The Hall–Kier alpha value is -3.58. The van der Waals surface area contributed by atoms with Crippen LogP contribution in [0.2, 0.25) is 0 Å². The number of hydrogen-bond donors (Lipinski definition) is 0. The summed E-state index contributed by atoms with van der Waals surface area (Å²) in [6, 6.07) is 19.6. The van der Waals surface area contributed by atoms with Gasteiger partial charge < -0.3 is 18.9 Å². The molecule has 0 spiro atoms. The lowest BCUT2D eigenvalue weighted by Gasteiger charge is -2.36. The van der Waals surface area contributed by atoms with Gasteiger partial charge in [-0.1, -0.05) is 24.3 Å². The van der Waals surface area contributed by atoms with Crippen molar-refractivity contribution < 1.29 is 40.9 Å². The highest BCUT2D eigenvalue weighted by molar-refractivity contribution is 7.89. The molecule has 1 saturated heterocycles. The molecule has 4 rings (SSSR count). The van der Waals surface area contributed by atoms with Gasteiger partial charge in [0.2, 0.25) is 10.0 Å². The molecule has 1 aliphatic rings. The number of sulfonamides is 1. The summed E-state index contributed by atoms with van der Waals surface area (Å²) >= 11 is 0. The average molecular weight is 591 g/mol. The summed E-state index contributed by atoms with van der Waals surface area (Å²) in [6.45, 7) is -0.700. The first kappa shape index (κ1) is 30.4. The number of rotatable bonds is 12. The van der Waals surface area contributed by atoms with Crippen molar-refractivity contribution in [2.75, 3.05) is 46.9 Å². The van der Waals surface area contributed by atoms with Crippen LogP contribution in [0.25, 0.3) is 0 Å². The molecule has 1 atom stereocenters. The van der Waals surface area contributed by atoms with Gasteiger partial charge in [0, 0.05) is 32.7 Å². The van der Waals surface area contributed by atoms with E-state index >= 15 is 0 Å². The van der Waals surface area contributed by atoms with Crippen LogP contribution < -0.4 is 9.47 Å². The largest absolute Gasteiger partial charge is 0.497 e. The van der Waals surface area contributed by atoms with Crippen LogP contribution in [0.4, 0.5) is 8.78 Å². The smallest absolute Gasteiger partial charge is 0.387 e. The minimum Gasteiger partial charge on any atom is -0.497 e. The zero-order valence-electron chi connectivity index (χ0n) is 22.7. The van der Waals surface area contributed by atoms with Gasteiger partial charge in [-0.3, -0.25) is 4.90 Å². The minimum absolute atomic E-state index is 0.0170. The third-order valence-corrected chi connectivity index (χ3v) is 8.65. The van der Waals surface area contributed by atoms with E-state index in [-0.39, 0.29) is 29.8 Å². The van der Waals surface area contributed by atoms with Crippen LogP contribution in [0, 0.1) is 0 Å². The number of methoxy groups -OCH3 is 2. The zero-order valence-corrected chi connectivity index (χ0v) is 23.6. The van der Waals surface area contributed by atoms with Crippen LogP contribution in [0.15, 0.2) is 77.7 Å². The van der Waals surface area contributed by atoms with Gasteiger partial charge in [-0.25, -0.2) is 13.2 Å². The van der Waals surface area contributed by atoms with Crippen LogP contribution in [-0.4, -0.2) is 77.1 Å². The molecular formula is C29H32F2N2O7S. The molecule has 3 aromatic rings. The first-order valence-electron chi connectivity index (χ1n) is 12.9. The van der Waals surface area contributed by atoms with Crippen LogP contribution in [0.1, 0.15) is 27.6 Å². The van der Waals surface area contributed by atoms with Gasteiger partial charge in [-0.15, -0.1) is 0 Å². The SMILES string of the molecule is COC(=O)c1ccc(CO[C@H](CN2CCN(S(=O)(=O)c3ccc(OC(F)F)cc3)CC2)c2cccc(OC)c2)cc1. The maximum absolute atomic E-state index is 13.1. The Morgan fingerprint density at radius 1 is 0.902 bits per heavy atom. The third kappa shape index (κ3) is 8.00. The van der Waals surface area contributed by atoms with E-state index in [0.717, 1.165) is 11.1 Å². The van der Waals surface area contributed by atoms with Gasteiger partial charge in [-0.05, 0) is 59.7 Å². The van der Waals surface area contributed by atoms with Crippen molar-refractivity contribution in [1.29, 1.82) is 0 Å². The Morgan fingerprint density at radius 3 is 2.20 bits per heavy atom. The molecule has 12 heteroatoms. The monoisotopic (exact) mass is 590 g/mol. The second-order valence-electron chi connectivity index (χ2n) is 9.32. The molecule has 220 valence electrons. The van der Waals surface area contributed by atoms with Gasteiger partial charge in [0.15, 0.2) is 0 Å². The van der Waals surface area contributed by atoms with Gasteiger partial charge in [0.1, 0.15) is 11.5 Å². The predicted octanol–water partition coefficient (Wildman–Crippen LogP) is 4.35. The molecule has 0 saturated carbocycles. The van der Waals surface area contributed by atoms with Crippen LogP contribution in [-0.2, 0) is 26.1 Å². The van der Waals surface area contributed by atoms with E-state index in [4.69, 9.17) is 14.2 Å². The maximum atomic E-state index is 13.1. The highest BCUT2D eigenvalue weighted by Crippen LogP contribution is 2.26. The summed E-state index contributed by atoms with van der Waals surface area (Å²) in [5, 5.41) is 0. The number of hydrogen-bond acceptors (Lipinski definition) is 8. The average Bonchev–Trinajstić information content (AvgIpc) is 2.99. The number of halogens is 2. The van der Waals surface area contributed by atoms with E-state index in [2.05, 4.69) is 9.64 Å². The van der Waals surface area contributed by atoms with Crippen molar-refractivity contribution in [1.82, 2.24) is 9.21 Å².